The van der Waals surface area contributed by atoms with Gasteiger partial charge in [0.05, 0.1) is 17.0 Å². The lowest BCUT2D eigenvalue weighted by Crippen LogP contribution is -2.26. The van der Waals surface area contributed by atoms with Gasteiger partial charge in [0.15, 0.2) is 5.82 Å². The highest BCUT2D eigenvalue weighted by atomic mass is 32.2. The number of nitrogens with one attached hydrogen (secondary N) is 1. The lowest BCUT2D eigenvalue weighted by atomic mass is 10.2. The van der Waals surface area contributed by atoms with Crippen LogP contribution in [0.1, 0.15) is 21.7 Å². The minimum absolute atomic E-state index is 0.0365. The zero-order valence-corrected chi connectivity index (χ0v) is 13.8. The van der Waals surface area contributed by atoms with Crippen molar-refractivity contribution >= 4 is 23.6 Å². The summed E-state index contributed by atoms with van der Waals surface area (Å²) in [4.78, 5) is 26.6. The first kappa shape index (κ1) is 17.0. The van der Waals surface area contributed by atoms with Crippen molar-refractivity contribution in [3.05, 3.63) is 41.3 Å². The number of rotatable bonds is 7. The van der Waals surface area contributed by atoms with Crippen LogP contribution in [0.3, 0.4) is 0 Å². The van der Waals surface area contributed by atoms with E-state index in [1.807, 2.05) is 19.9 Å². The molecule has 0 saturated heterocycles. The molecule has 2 aromatic rings. The van der Waals surface area contributed by atoms with E-state index < -0.39 is 5.97 Å². The van der Waals surface area contributed by atoms with E-state index in [0.717, 1.165) is 11.4 Å². The Morgan fingerprint density at radius 1 is 1.35 bits per heavy atom. The van der Waals surface area contributed by atoms with E-state index in [4.69, 9.17) is 5.11 Å². The van der Waals surface area contributed by atoms with E-state index in [9.17, 15) is 9.59 Å². The normalized spacial score (nSPS) is 10.5. The van der Waals surface area contributed by atoms with Gasteiger partial charge in [-0.05, 0) is 32.0 Å². The smallest absolute Gasteiger partial charge is 0.313 e. The number of aliphatic carboxylic acids is 1. The maximum atomic E-state index is 12.0. The predicted molar refractivity (Wildman–Crippen MR) is 88.1 cm³/mol. The van der Waals surface area contributed by atoms with Crippen LogP contribution in [-0.4, -0.2) is 49.8 Å². The molecule has 7 nitrogen and oxygen atoms in total. The summed E-state index contributed by atoms with van der Waals surface area (Å²) in [6.45, 7) is 4.26. The molecule has 0 saturated carbocycles. The van der Waals surface area contributed by atoms with E-state index in [-0.39, 0.29) is 11.7 Å². The standard InChI is InChI=1S/C15H18N4O3S/c1-10-7-11(2)19(18-10)13-4-3-12(8-17-13)15(22)16-5-6-23-9-14(20)21/h3-4,7-8H,5-6,9H2,1-2H3,(H,16,22)(H,20,21). The van der Waals surface area contributed by atoms with Crippen LogP contribution in [-0.2, 0) is 4.79 Å². The summed E-state index contributed by atoms with van der Waals surface area (Å²) in [6.07, 6.45) is 1.51. The second-order valence-electron chi connectivity index (χ2n) is 4.95. The molecule has 0 bridgehead atoms. The Labute approximate surface area is 138 Å². The first-order valence-corrected chi connectivity index (χ1v) is 8.20. The Morgan fingerprint density at radius 3 is 2.70 bits per heavy atom. The molecule has 8 heteroatoms. The molecule has 0 aliphatic carbocycles. The lowest BCUT2D eigenvalue weighted by Gasteiger charge is -2.06. The van der Waals surface area contributed by atoms with Crippen molar-refractivity contribution in [2.45, 2.75) is 13.8 Å². The van der Waals surface area contributed by atoms with Gasteiger partial charge in [0, 0.05) is 24.2 Å². The summed E-state index contributed by atoms with van der Waals surface area (Å²) in [5.74, 6) is 0.159. The molecular weight excluding hydrogens is 316 g/mol. The van der Waals surface area contributed by atoms with Crippen molar-refractivity contribution in [2.75, 3.05) is 18.1 Å². The van der Waals surface area contributed by atoms with Crippen molar-refractivity contribution in [3.63, 3.8) is 0 Å². The minimum Gasteiger partial charge on any atom is -0.481 e. The number of amides is 1. The number of carbonyl (C=O) groups excluding carboxylic acids is 1. The van der Waals surface area contributed by atoms with Gasteiger partial charge in [-0.1, -0.05) is 0 Å². The number of hydrogen-bond acceptors (Lipinski definition) is 5. The van der Waals surface area contributed by atoms with Gasteiger partial charge in [0.25, 0.3) is 5.91 Å². The largest absolute Gasteiger partial charge is 0.481 e. The summed E-state index contributed by atoms with van der Waals surface area (Å²) >= 11 is 1.26. The molecule has 0 aliphatic rings. The molecule has 0 fully saturated rings. The zero-order chi connectivity index (χ0) is 16.8. The molecule has 0 aliphatic heterocycles. The van der Waals surface area contributed by atoms with Crippen molar-refractivity contribution in [1.29, 1.82) is 0 Å². The Kier molecular flexibility index (Phi) is 5.75. The topological polar surface area (TPSA) is 97.1 Å². The Balaban J connectivity index is 1.90. The highest BCUT2D eigenvalue weighted by molar-refractivity contribution is 7.99. The summed E-state index contributed by atoms with van der Waals surface area (Å²) in [5.41, 5.74) is 2.34. The fraction of sp³-hybridized carbons (Fsp3) is 0.333. The molecule has 2 aromatic heterocycles. The van der Waals surface area contributed by atoms with E-state index in [1.54, 1.807) is 16.8 Å². The fourth-order valence-corrected chi connectivity index (χ4v) is 2.57. The third-order valence-corrected chi connectivity index (χ3v) is 3.94. The first-order valence-electron chi connectivity index (χ1n) is 7.05. The average Bonchev–Trinajstić information content (AvgIpc) is 2.85. The van der Waals surface area contributed by atoms with Crippen LogP contribution in [0.25, 0.3) is 5.82 Å². The number of carboxylic acids is 1. The predicted octanol–water partition coefficient (Wildman–Crippen LogP) is 1.43. The van der Waals surface area contributed by atoms with Gasteiger partial charge in [0.2, 0.25) is 0 Å². The summed E-state index contributed by atoms with van der Waals surface area (Å²) in [6, 6.07) is 5.39. The molecule has 0 aromatic carbocycles. The number of nitrogens with zero attached hydrogens (tertiary/aromatic N) is 3. The van der Waals surface area contributed by atoms with Crippen LogP contribution in [0.15, 0.2) is 24.4 Å². The van der Waals surface area contributed by atoms with Crippen LogP contribution in [0.2, 0.25) is 0 Å². The third-order valence-electron chi connectivity index (χ3n) is 2.99. The lowest BCUT2D eigenvalue weighted by molar-refractivity contribution is -0.133. The van der Waals surface area contributed by atoms with E-state index in [1.165, 1.54) is 18.0 Å². The van der Waals surface area contributed by atoms with Gasteiger partial charge in [-0.2, -0.15) is 5.10 Å². The van der Waals surface area contributed by atoms with Gasteiger partial charge in [-0.25, -0.2) is 9.67 Å². The van der Waals surface area contributed by atoms with Crippen LogP contribution in [0.4, 0.5) is 0 Å². The molecule has 1 amide bonds. The highest BCUT2D eigenvalue weighted by Crippen LogP contribution is 2.10. The second kappa shape index (κ2) is 7.77. The quantitative estimate of drug-likeness (QED) is 0.744. The number of aromatic nitrogens is 3. The molecule has 122 valence electrons. The first-order chi connectivity index (χ1) is 11.0. The van der Waals surface area contributed by atoms with Gasteiger partial charge >= 0.3 is 5.97 Å². The molecule has 0 unspecified atom stereocenters. The number of carboxylic acid groups (broad SMARTS) is 1. The van der Waals surface area contributed by atoms with Crippen molar-refractivity contribution in [2.24, 2.45) is 0 Å². The van der Waals surface area contributed by atoms with Crippen LogP contribution in [0.5, 0.6) is 0 Å². The van der Waals surface area contributed by atoms with Gasteiger partial charge in [-0.3, -0.25) is 9.59 Å². The number of carbonyl (C=O) groups is 2. The van der Waals surface area contributed by atoms with Gasteiger partial charge in [0.1, 0.15) is 0 Å². The number of hydrogen-bond donors (Lipinski definition) is 2. The maximum Gasteiger partial charge on any atom is 0.313 e. The van der Waals surface area contributed by atoms with E-state index in [0.29, 0.717) is 23.7 Å². The molecule has 23 heavy (non-hydrogen) atoms. The number of aryl methyl sites for hydroxylation is 2. The second-order valence-corrected chi connectivity index (χ2v) is 6.05. The third kappa shape index (κ3) is 4.82. The van der Waals surface area contributed by atoms with Gasteiger partial charge in [-0.15, -0.1) is 11.8 Å². The maximum absolute atomic E-state index is 12.0. The Hall–Kier alpha value is -2.35. The number of thioether (sulfide) groups is 1. The molecule has 0 atom stereocenters. The van der Waals surface area contributed by atoms with Crippen LogP contribution >= 0.6 is 11.8 Å². The van der Waals surface area contributed by atoms with E-state index >= 15 is 0 Å². The molecule has 0 radical (unpaired) electrons. The monoisotopic (exact) mass is 334 g/mol. The fourth-order valence-electron chi connectivity index (χ4n) is 2.00. The van der Waals surface area contributed by atoms with Crippen molar-refractivity contribution in [3.8, 4) is 5.82 Å². The summed E-state index contributed by atoms with van der Waals surface area (Å²) in [7, 11) is 0. The van der Waals surface area contributed by atoms with Crippen molar-refractivity contribution in [1.82, 2.24) is 20.1 Å². The Bertz CT molecular complexity index is 697. The molecular formula is C15H18N4O3S. The summed E-state index contributed by atoms with van der Waals surface area (Å²) < 4.78 is 1.72. The molecule has 2 N–H and O–H groups in total. The van der Waals surface area contributed by atoms with Crippen molar-refractivity contribution < 1.29 is 14.7 Å². The zero-order valence-electron chi connectivity index (χ0n) is 12.9. The SMILES string of the molecule is Cc1cc(C)n(-c2ccc(C(=O)NCCSCC(=O)O)cn2)n1. The Morgan fingerprint density at radius 2 is 2.13 bits per heavy atom. The highest BCUT2D eigenvalue weighted by Gasteiger charge is 2.08. The van der Waals surface area contributed by atoms with Crippen LogP contribution < -0.4 is 5.32 Å². The number of pyridine rings is 1. The summed E-state index contributed by atoms with van der Waals surface area (Å²) in [5, 5.41) is 15.6. The minimum atomic E-state index is -0.856. The van der Waals surface area contributed by atoms with E-state index in [2.05, 4.69) is 15.4 Å². The van der Waals surface area contributed by atoms with Crippen LogP contribution in [0, 0.1) is 13.8 Å². The molecule has 2 rings (SSSR count). The molecule has 2 heterocycles. The molecule has 0 spiro atoms. The average molecular weight is 334 g/mol. The van der Waals surface area contributed by atoms with Gasteiger partial charge < -0.3 is 10.4 Å².